The molecule has 1 saturated heterocycles. The minimum atomic E-state index is -0.869. The second-order valence-electron chi connectivity index (χ2n) is 5.93. The molecule has 1 fully saturated rings. The van der Waals surface area contributed by atoms with Gasteiger partial charge < -0.3 is 14.9 Å². The monoisotopic (exact) mass is 256 g/mol. The molecule has 1 aliphatic rings. The summed E-state index contributed by atoms with van der Waals surface area (Å²) in [4.78, 5) is 26.7. The van der Waals surface area contributed by atoms with Crippen LogP contribution in [0, 0.1) is 0 Å². The van der Waals surface area contributed by atoms with Gasteiger partial charge in [0.05, 0.1) is 6.42 Å². The Bertz CT molecular complexity index is 323. The fraction of sp³-hybridized carbons (Fsp3) is 0.846. The number of amides is 2. The molecule has 18 heavy (non-hydrogen) atoms. The summed E-state index contributed by atoms with van der Waals surface area (Å²) in [6.45, 7) is 8.90. The number of aliphatic carboxylic acids is 1. The van der Waals surface area contributed by atoms with Crippen LogP contribution in [0.5, 0.6) is 0 Å². The summed E-state index contributed by atoms with van der Waals surface area (Å²) < 4.78 is 0. The molecule has 2 amide bonds. The van der Waals surface area contributed by atoms with Gasteiger partial charge in [0.25, 0.3) is 0 Å². The molecule has 0 aromatic carbocycles. The Morgan fingerprint density at radius 3 is 2.39 bits per heavy atom. The highest BCUT2D eigenvalue weighted by molar-refractivity contribution is 5.76. The quantitative estimate of drug-likeness (QED) is 0.841. The fourth-order valence-corrected chi connectivity index (χ4v) is 2.30. The van der Waals surface area contributed by atoms with Gasteiger partial charge in [-0.25, -0.2) is 4.79 Å². The van der Waals surface area contributed by atoms with Crippen LogP contribution in [0.4, 0.5) is 4.79 Å². The van der Waals surface area contributed by atoms with E-state index in [0.717, 1.165) is 19.4 Å². The zero-order chi connectivity index (χ0) is 13.9. The lowest BCUT2D eigenvalue weighted by Gasteiger charge is -2.39. The van der Waals surface area contributed by atoms with Crippen LogP contribution in [0.2, 0.25) is 0 Å². The van der Waals surface area contributed by atoms with Crippen molar-refractivity contribution in [3.63, 3.8) is 0 Å². The molecule has 0 aromatic heterocycles. The van der Waals surface area contributed by atoms with E-state index in [9.17, 15) is 9.59 Å². The van der Waals surface area contributed by atoms with Gasteiger partial charge in [0.15, 0.2) is 0 Å². The molecule has 104 valence electrons. The second-order valence-corrected chi connectivity index (χ2v) is 5.93. The van der Waals surface area contributed by atoms with E-state index < -0.39 is 5.97 Å². The Labute approximate surface area is 109 Å². The highest BCUT2D eigenvalue weighted by Gasteiger charge is 2.34. The zero-order valence-electron chi connectivity index (χ0n) is 11.8. The molecule has 5 heteroatoms. The van der Waals surface area contributed by atoms with Gasteiger partial charge in [0, 0.05) is 24.7 Å². The van der Waals surface area contributed by atoms with Gasteiger partial charge in [-0.1, -0.05) is 0 Å². The first kappa shape index (κ1) is 14.8. The van der Waals surface area contributed by atoms with Crippen molar-refractivity contribution in [1.29, 1.82) is 0 Å². The molecule has 5 nitrogen and oxygen atoms in total. The SMILES string of the molecule is CC1CCCN1C(=O)N(CCC(=O)O)C(C)(C)C. The van der Waals surface area contributed by atoms with Gasteiger partial charge >= 0.3 is 12.0 Å². The minimum absolute atomic E-state index is 0.00870. The van der Waals surface area contributed by atoms with Crippen molar-refractivity contribution >= 4 is 12.0 Å². The number of rotatable bonds is 3. The van der Waals surface area contributed by atoms with Crippen LogP contribution in [0.25, 0.3) is 0 Å². The zero-order valence-corrected chi connectivity index (χ0v) is 11.8. The Morgan fingerprint density at radius 2 is 2.00 bits per heavy atom. The van der Waals surface area contributed by atoms with Crippen LogP contribution in [0.1, 0.15) is 47.0 Å². The first-order valence-corrected chi connectivity index (χ1v) is 6.53. The second kappa shape index (κ2) is 5.59. The first-order valence-electron chi connectivity index (χ1n) is 6.53. The van der Waals surface area contributed by atoms with Crippen LogP contribution in [-0.4, -0.2) is 51.6 Å². The summed E-state index contributed by atoms with van der Waals surface area (Å²) in [7, 11) is 0. The lowest BCUT2D eigenvalue weighted by molar-refractivity contribution is -0.137. The molecule has 1 unspecified atom stereocenters. The van der Waals surface area contributed by atoms with Gasteiger partial charge in [0.2, 0.25) is 0 Å². The third-order valence-corrected chi connectivity index (χ3v) is 3.39. The smallest absolute Gasteiger partial charge is 0.320 e. The number of carboxylic acid groups (broad SMARTS) is 1. The Kier molecular flexibility index (Phi) is 4.59. The van der Waals surface area contributed by atoms with Crippen LogP contribution in [0.3, 0.4) is 0 Å². The third-order valence-electron chi connectivity index (χ3n) is 3.39. The molecule has 0 saturated carbocycles. The van der Waals surface area contributed by atoms with Crippen LogP contribution in [-0.2, 0) is 4.79 Å². The molecule has 1 atom stereocenters. The molecular formula is C13H24N2O3. The predicted octanol–water partition coefficient (Wildman–Crippen LogP) is 2.17. The highest BCUT2D eigenvalue weighted by atomic mass is 16.4. The van der Waals surface area contributed by atoms with Crippen molar-refractivity contribution in [3.05, 3.63) is 0 Å². The van der Waals surface area contributed by atoms with Gasteiger partial charge in [-0.2, -0.15) is 0 Å². The van der Waals surface area contributed by atoms with Crippen LogP contribution < -0.4 is 0 Å². The normalized spacial score (nSPS) is 20.0. The van der Waals surface area contributed by atoms with E-state index >= 15 is 0 Å². The maximum atomic E-state index is 12.5. The van der Waals surface area contributed by atoms with E-state index in [2.05, 4.69) is 0 Å². The van der Waals surface area contributed by atoms with E-state index in [1.54, 1.807) is 4.90 Å². The summed E-state index contributed by atoms with van der Waals surface area (Å²) >= 11 is 0. The van der Waals surface area contributed by atoms with Gasteiger partial charge in [-0.15, -0.1) is 0 Å². The summed E-state index contributed by atoms with van der Waals surface area (Å²) in [5, 5.41) is 8.78. The van der Waals surface area contributed by atoms with E-state index in [0.29, 0.717) is 0 Å². The Hall–Kier alpha value is -1.26. The van der Waals surface area contributed by atoms with Crippen molar-refractivity contribution in [2.75, 3.05) is 13.1 Å². The van der Waals surface area contributed by atoms with E-state index in [1.165, 1.54) is 0 Å². The van der Waals surface area contributed by atoms with Crippen molar-refractivity contribution in [1.82, 2.24) is 9.80 Å². The molecular weight excluding hydrogens is 232 g/mol. The molecule has 1 rings (SSSR count). The Morgan fingerprint density at radius 1 is 1.39 bits per heavy atom. The number of carboxylic acids is 1. The number of nitrogens with zero attached hydrogens (tertiary/aromatic N) is 2. The number of carbonyl (C=O) groups is 2. The minimum Gasteiger partial charge on any atom is -0.481 e. The molecule has 0 radical (unpaired) electrons. The molecule has 0 spiro atoms. The van der Waals surface area contributed by atoms with Crippen molar-refractivity contribution in [3.8, 4) is 0 Å². The first-order chi connectivity index (χ1) is 8.23. The Balaban J connectivity index is 2.76. The van der Waals surface area contributed by atoms with E-state index in [-0.39, 0.29) is 30.6 Å². The van der Waals surface area contributed by atoms with Crippen LogP contribution in [0.15, 0.2) is 0 Å². The number of urea groups is 1. The third kappa shape index (κ3) is 3.62. The fourth-order valence-electron chi connectivity index (χ4n) is 2.30. The predicted molar refractivity (Wildman–Crippen MR) is 69.5 cm³/mol. The number of carbonyl (C=O) groups excluding carboxylic acids is 1. The average Bonchev–Trinajstić information content (AvgIpc) is 2.61. The van der Waals surface area contributed by atoms with Crippen molar-refractivity contribution in [2.45, 2.75) is 58.5 Å². The summed E-state index contributed by atoms with van der Waals surface area (Å²) in [6.07, 6.45) is 2.05. The lowest BCUT2D eigenvalue weighted by Crippen LogP contribution is -2.53. The standard InChI is InChI=1S/C13H24N2O3/c1-10-6-5-8-14(10)12(18)15(13(2,3)4)9-7-11(16)17/h10H,5-9H2,1-4H3,(H,16,17). The van der Waals surface area contributed by atoms with Crippen molar-refractivity contribution < 1.29 is 14.7 Å². The number of hydrogen-bond donors (Lipinski definition) is 1. The number of hydrogen-bond acceptors (Lipinski definition) is 2. The topological polar surface area (TPSA) is 60.9 Å². The highest BCUT2D eigenvalue weighted by Crippen LogP contribution is 2.22. The summed E-state index contributed by atoms with van der Waals surface area (Å²) in [5.74, 6) is -0.869. The average molecular weight is 256 g/mol. The van der Waals surface area contributed by atoms with Gasteiger partial charge in [-0.3, -0.25) is 4.79 Å². The maximum Gasteiger partial charge on any atom is 0.320 e. The summed E-state index contributed by atoms with van der Waals surface area (Å²) in [5.41, 5.74) is -0.352. The van der Waals surface area contributed by atoms with Crippen LogP contribution >= 0.6 is 0 Å². The molecule has 1 aliphatic heterocycles. The number of likely N-dealkylation sites (tertiary alicyclic amines) is 1. The molecule has 0 bridgehead atoms. The van der Waals surface area contributed by atoms with Crippen molar-refractivity contribution in [2.24, 2.45) is 0 Å². The van der Waals surface area contributed by atoms with Gasteiger partial charge in [-0.05, 0) is 40.5 Å². The van der Waals surface area contributed by atoms with E-state index in [1.807, 2.05) is 32.6 Å². The largest absolute Gasteiger partial charge is 0.481 e. The maximum absolute atomic E-state index is 12.5. The molecule has 0 aromatic rings. The molecule has 0 aliphatic carbocycles. The molecule has 1 N–H and O–H groups in total. The summed E-state index contributed by atoms with van der Waals surface area (Å²) in [6, 6.07) is 0.223. The lowest BCUT2D eigenvalue weighted by atomic mass is 10.1. The molecule has 1 heterocycles. The van der Waals surface area contributed by atoms with Gasteiger partial charge in [0.1, 0.15) is 0 Å². The van der Waals surface area contributed by atoms with E-state index in [4.69, 9.17) is 5.11 Å².